The van der Waals surface area contributed by atoms with Crippen LogP contribution in [0.2, 0.25) is 0 Å². The Morgan fingerprint density at radius 3 is 2.62 bits per heavy atom. The molecule has 3 N–H and O–H groups in total. The lowest BCUT2D eigenvalue weighted by molar-refractivity contribution is 0.321. The third-order valence-corrected chi connectivity index (χ3v) is 2.43. The highest BCUT2D eigenvalue weighted by molar-refractivity contribution is 5.88. The second-order valence-corrected chi connectivity index (χ2v) is 3.83. The van der Waals surface area contributed by atoms with Crippen LogP contribution in [0, 0.1) is 6.92 Å². The molecular formula is C14H19NO. The molecule has 0 amide bonds. The molecule has 0 radical (unpaired) electrons. The quantitative estimate of drug-likeness (QED) is 0.841. The molecule has 0 saturated carbocycles. The molecule has 2 aromatic carbocycles. The van der Waals surface area contributed by atoms with Crippen molar-refractivity contribution in [3.05, 3.63) is 42.0 Å². The number of benzene rings is 2. The summed E-state index contributed by atoms with van der Waals surface area (Å²) in [5, 5.41) is 2.46. The van der Waals surface area contributed by atoms with Gasteiger partial charge in [-0.05, 0) is 30.4 Å². The first-order chi connectivity index (χ1) is 7.31. The lowest BCUT2D eigenvalue weighted by Crippen LogP contribution is -1.96. The van der Waals surface area contributed by atoms with Crippen molar-refractivity contribution in [2.24, 2.45) is 0 Å². The molecule has 0 heterocycles. The maximum atomic E-state index is 5.75. The summed E-state index contributed by atoms with van der Waals surface area (Å²) in [7, 11) is 0. The van der Waals surface area contributed by atoms with E-state index >= 15 is 0 Å². The van der Waals surface area contributed by atoms with Gasteiger partial charge < -0.3 is 10.9 Å². The van der Waals surface area contributed by atoms with Gasteiger partial charge in [-0.3, -0.25) is 0 Å². The summed E-state index contributed by atoms with van der Waals surface area (Å²) in [5.41, 5.74) is 1.25. The Balaban J connectivity index is 0.00000128. The van der Waals surface area contributed by atoms with Gasteiger partial charge in [-0.15, -0.1) is 0 Å². The van der Waals surface area contributed by atoms with Crippen molar-refractivity contribution in [3.8, 4) is 5.75 Å². The first-order valence-corrected chi connectivity index (χ1v) is 5.43. The van der Waals surface area contributed by atoms with Crippen molar-refractivity contribution in [1.82, 2.24) is 6.15 Å². The fourth-order valence-corrected chi connectivity index (χ4v) is 1.75. The van der Waals surface area contributed by atoms with Gasteiger partial charge in [0, 0.05) is 5.39 Å². The van der Waals surface area contributed by atoms with Gasteiger partial charge in [-0.25, -0.2) is 0 Å². The first-order valence-electron chi connectivity index (χ1n) is 5.43. The Morgan fingerprint density at radius 2 is 1.88 bits per heavy atom. The van der Waals surface area contributed by atoms with Crippen molar-refractivity contribution in [3.63, 3.8) is 0 Å². The van der Waals surface area contributed by atoms with Gasteiger partial charge in [0.2, 0.25) is 0 Å². The highest BCUT2D eigenvalue weighted by Crippen LogP contribution is 2.27. The third-order valence-electron chi connectivity index (χ3n) is 2.43. The van der Waals surface area contributed by atoms with Crippen molar-refractivity contribution < 1.29 is 4.74 Å². The van der Waals surface area contributed by atoms with Gasteiger partial charge in [0.05, 0.1) is 6.61 Å². The number of rotatable bonds is 3. The summed E-state index contributed by atoms with van der Waals surface area (Å²) >= 11 is 0. The second kappa shape index (κ2) is 5.52. The molecule has 0 saturated heterocycles. The van der Waals surface area contributed by atoms with E-state index in [9.17, 15) is 0 Å². The highest BCUT2D eigenvalue weighted by atomic mass is 16.5. The number of fused-ring (bicyclic) bond motifs is 1. The zero-order chi connectivity index (χ0) is 10.7. The van der Waals surface area contributed by atoms with Gasteiger partial charge in [-0.1, -0.05) is 37.3 Å². The molecule has 0 atom stereocenters. The molecule has 0 bridgehead atoms. The summed E-state index contributed by atoms with van der Waals surface area (Å²) in [6.45, 7) is 5.01. The van der Waals surface area contributed by atoms with Gasteiger partial charge in [0.1, 0.15) is 5.75 Å². The summed E-state index contributed by atoms with van der Waals surface area (Å²) in [6, 6.07) is 12.6. The molecule has 2 heteroatoms. The SMILES string of the molecule is CCCOc1cc(C)cc2ccccc12.N. The zero-order valence-electron chi connectivity index (χ0n) is 9.99. The Bertz CT molecular complexity index is 465. The van der Waals surface area contributed by atoms with Gasteiger partial charge in [0.15, 0.2) is 0 Å². The summed E-state index contributed by atoms with van der Waals surface area (Å²) in [6.07, 6.45) is 1.04. The molecule has 2 rings (SSSR count). The monoisotopic (exact) mass is 217 g/mol. The minimum absolute atomic E-state index is 0. The van der Waals surface area contributed by atoms with Gasteiger partial charge in [0.25, 0.3) is 0 Å². The van der Waals surface area contributed by atoms with Crippen molar-refractivity contribution >= 4 is 10.8 Å². The zero-order valence-corrected chi connectivity index (χ0v) is 9.99. The third kappa shape index (κ3) is 2.52. The Hall–Kier alpha value is -1.54. The van der Waals surface area contributed by atoms with E-state index in [-0.39, 0.29) is 6.15 Å². The van der Waals surface area contributed by atoms with E-state index in [1.54, 1.807) is 0 Å². The first kappa shape index (κ1) is 12.5. The number of hydrogen-bond acceptors (Lipinski definition) is 2. The van der Waals surface area contributed by atoms with E-state index in [1.807, 2.05) is 0 Å². The van der Waals surface area contributed by atoms with Crippen molar-refractivity contribution in [2.75, 3.05) is 6.61 Å². The lowest BCUT2D eigenvalue weighted by Gasteiger charge is -2.09. The molecule has 0 aliphatic heterocycles. The molecule has 0 fully saturated rings. The van der Waals surface area contributed by atoms with E-state index < -0.39 is 0 Å². The van der Waals surface area contributed by atoms with E-state index in [0.717, 1.165) is 18.8 Å². The smallest absolute Gasteiger partial charge is 0.127 e. The molecule has 86 valence electrons. The molecule has 0 unspecified atom stereocenters. The van der Waals surface area contributed by atoms with Crippen LogP contribution in [0.4, 0.5) is 0 Å². The number of aryl methyl sites for hydroxylation is 1. The molecule has 0 aliphatic carbocycles. The largest absolute Gasteiger partial charge is 0.493 e. The van der Waals surface area contributed by atoms with E-state index in [1.165, 1.54) is 16.3 Å². The van der Waals surface area contributed by atoms with Gasteiger partial charge >= 0.3 is 0 Å². The highest BCUT2D eigenvalue weighted by Gasteiger charge is 2.02. The number of hydrogen-bond donors (Lipinski definition) is 1. The summed E-state index contributed by atoms with van der Waals surface area (Å²) in [5.74, 6) is 1.01. The van der Waals surface area contributed by atoms with Crippen LogP contribution >= 0.6 is 0 Å². The van der Waals surface area contributed by atoms with Crippen LogP contribution in [-0.4, -0.2) is 6.61 Å². The fraction of sp³-hybridized carbons (Fsp3) is 0.286. The maximum absolute atomic E-state index is 5.75. The van der Waals surface area contributed by atoms with Crippen LogP contribution in [0.3, 0.4) is 0 Å². The molecule has 2 nitrogen and oxygen atoms in total. The van der Waals surface area contributed by atoms with Crippen LogP contribution in [-0.2, 0) is 0 Å². The lowest BCUT2D eigenvalue weighted by atomic mass is 10.1. The Kier molecular flexibility index (Phi) is 4.32. The molecule has 0 aromatic heterocycles. The van der Waals surface area contributed by atoms with Crippen LogP contribution in [0.25, 0.3) is 10.8 Å². The van der Waals surface area contributed by atoms with Crippen LogP contribution in [0.5, 0.6) is 5.75 Å². The van der Waals surface area contributed by atoms with E-state index in [2.05, 4.69) is 50.2 Å². The molecule has 16 heavy (non-hydrogen) atoms. The van der Waals surface area contributed by atoms with Crippen LogP contribution < -0.4 is 10.9 Å². The normalized spacial score (nSPS) is 9.88. The minimum atomic E-state index is 0. The van der Waals surface area contributed by atoms with E-state index in [0.29, 0.717) is 0 Å². The minimum Gasteiger partial charge on any atom is -0.493 e. The standard InChI is InChI=1S/C14H16O.H3N/c1-3-8-15-14-10-11(2)9-12-6-4-5-7-13(12)14;/h4-7,9-10H,3,8H2,1-2H3;1H3. The fourth-order valence-electron chi connectivity index (χ4n) is 1.75. The maximum Gasteiger partial charge on any atom is 0.127 e. The van der Waals surface area contributed by atoms with Crippen LogP contribution in [0.15, 0.2) is 36.4 Å². The van der Waals surface area contributed by atoms with Gasteiger partial charge in [-0.2, -0.15) is 0 Å². The molecule has 0 spiro atoms. The number of ether oxygens (including phenoxy) is 1. The molecular weight excluding hydrogens is 198 g/mol. The van der Waals surface area contributed by atoms with Crippen molar-refractivity contribution in [1.29, 1.82) is 0 Å². The molecule has 0 aliphatic rings. The average Bonchev–Trinajstić information content (AvgIpc) is 2.25. The predicted octanol–water partition coefficient (Wildman–Crippen LogP) is 4.10. The average molecular weight is 217 g/mol. The second-order valence-electron chi connectivity index (χ2n) is 3.83. The summed E-state index contributed by atoms with van der Waals surface area (Å²) < 4.78 is 5.75. The van der Waals surface area contributed by atoms with E-state index in [4.69, 9.17) is 4.74 Å². The van der Waals surface area contributed by atoms with Crippen molar-refractivity contribution in [2.45, 2.75) is 20.3 Å². The summed E-state index contributed by atoms with van der Waals surface area (Å²) in [4.78, 5) is 0. The Labute approximate surface area is 96.8 Å². The molecule has 2 aromatic rings. The topological polar surface area (TPSA) is 44.2 Å². The van der Waals surface area contributed by atoms with Crippen LogP contribution in [0.1, 0.15) is 18.9 Å². The Morgan fingerprint density at radius 1 is 1.12 bits per heavy atom. The predicted molar refractivity (Wildman–Crippen MR) is 69.5 cm³/mol.